The van der Waals surface area contributed by atoms with E-state index in [9.17, 15) is 8.42 Å². The Morgan fingerprint density at radius 2 is 2.11 bits per heavy atom. The molecule has 6 heteroatoms. The number of nitrogens with zero attached hydrogens (tertiary/aromatic N) is 1. The van der Waals surface area contributed by atoms with Crippen LogP contribution in [0.3, 0.4) is 0 Å². The summed E-state index contributed by atoms with van der Waals surface area (Å²) < 4.78 is 23.3. The maximum absolute atomic E-state index is 11.7. The highest BCUT2D eigenvalue weighted by molar-refractivity contribution is 7.90. The number of sulfone groups is 1. The average Bonchev–Trinajstić information content (AvgIpc) is 2.68. The second-order valence-electron chi connectivity index (χ2n) is 5.29. The van der Waals surface area contributed by atoms with Crippen molar-refractivity contribution in [1.82, 2.24) is 4.90 Å². The third kappa shape index (κ3) is 3.28. The molecule has 106 valence electrons. The Bertz CT molecular complexity index is 574. The molecule has 0 spiro atoms. The number of benzene rings is 1. The summed E-state index contributed by atoms with van der Waals surface area (Å²) in [6.07, 6.45) is 2.14. The summed E-state index contributed by atoms with van der Waals surface area (Å²) >= 11 is 6.04. The molecule has 4 nitrogen and oxygen atoms in total. The monoisotopic (exact) mass is 302 g/mol. The first-order valence-electron chi connectivity index (χ1n) is 6.22. The summed E-state index contributed by atoms with van der Waals surface area (Å²) in [6.45, 7) is 1.59. The van der Waals surface area contributed by atoms with E-state index in [1.54, 1.807) is 6.07 Å². The summed E-state index contributed by atoms with van der Waals surface area (Å²) in [4.78, 5) is 2.48. The molecule has 0 aliphatic carbocycles. The Labute approximate surface area is 119 Å². The number of halogens is 1. The van der Waals surface area contributed by atoms with Crippen molar-refractivity contribution in [2.45, 2.75) is 17.4 Å². The molecule has 2 atom stereocenters. The van der Waals surface area contributed by atoms with Gasteiger partial charge in [0.25, 0.3) is 0 Å². The molecule has 2 rings (SSSR count). The van der Waals surface area contributed by atoms with Gasteiger partial charge >= 0.3 is 0 Å². The van der Waals surface area contributed by atoms with Crippen LogP contribution < -0.4 is 5.73 Å². The molecule has 1 aromatic rings. The Morgan fingerprint density at radius 3 is 2.63 bits per heavy atom. The van der Waals surface area contributed by atoms with E-state index < -0.39 is 9.84 Å². The molecule has 0 bridgehead atoms. The summed E-state index contributed by atoms with van der Waals surface area (Å²) in [6, 6.07) is 5.25. The van der Waals surface area contributed by atoms with E-state index in [-0.39, 0.29) is 10.9 Å². The van der Waals surface area contributed by atoms with Gasteiger partial charge < -0.3 is 5.73 Å². The summed E-state index contributed by atoms with van der Waals surface area (Å²) in [5.41, 5.74) is 6.67. The van der Waals surface area contributed by atoms with Crippen molar-refractivity contribution in [3.8, 4) is 0 Å². The lowest BCUT2D eigenvalue weighted by atomic mass is 10.00. The van der Waals surface area contributed by atoms with Crippen molar-refractivity contribution in [2.24, 2.45) is 11.7 Å². The maximum atomic E-state index is 11.7. The molecule has 0 saturated carbocycles. The Hall–Kier alpha value is -0.620. The fourth-order valence-corrected chi connectivity index (χ4v) is 3.66. The number of rotatable bonds is 3. The Kier molecular flexibility index (Phi) is 4.20. The molecular weight excluding hydrogens is 284 g/mol. The zero-order valence-electron chi connectivity index (χ0n) is 11.1. The normalized spacial score (nSPS) is 24.8. The van der Waals surface area contributed by atoms with Crippen LogP contribution in [-0.4, -0.2) is 39.7 Å². The van der Waals surface area contributed by atoms with Gasteiger partial charge in [0.15, 0.2) is 9.84 Å². The van der Waals surface area contributed by atoms with E-state index in [2.05, 4.69) is 4.90 Å². The Balaban J connectivity index is 2.38. The number of hydrogen-bond donors (Lipinski definition) is 1. The third-order valence-corrected chi connectivity index (χ3v) is 4.98. The molecule has 1 aliphatic heterocycles. The summed E-state index contributed by atoms with van der Waals surface area (Å²) in [7, 11) is -1.21. The molecule has 1 saturated heterocycles. The van der Waals surface area contributed by atoms with Crippen molar-refractivity contribution in [3.05, 3.63) is 28.8 Å². The lowest BCUT2D eigenvalue weighted by molar-refractivity contribution is 0.313. The standard InChI is InChI=1S/C13H19ClN2O2S/c1-16-8-9(7-15)3-13(16)10-4-11(14)6-12(5-10)19(2,17)18/h4-6,9,13H,3,7-8,15H2,1-2H3. The van der Waals surface area contributed by atoms with Gasteiger partial charge in [-0.2, -0.15) is 0 Å². The molecular formula is C13H19ClN2O2S. The minimum Gasteiger partial charge on any atom is -0.330 e. The van der Waals surface area contributed by atoms with E-state index in [1.807, 2.05) is 13.1 Å². The molecule has 1 heterocycles. The predicted octanol–water partition coefficient (Wildman–Crippen LogP) is 1.70. The average molecular weight is 303 g/mol. The van der Waals surface area contributed by atoms with Crippen molar-refractivity contribution in [2.75, 3.05) is 26.4 Å². The fourth-order valence-electron chi connectivity index (χ4n) is 2.66. The van der Waals surface area contributed by atoms with E-state index in [4.69, 9.17) is 17.3 Å². The molecule has 1 fully saturated rings. The molecule has 19 heavy (non-hydrogen) atoms. The van der Waals surface area contributed by atoms with Crippen LogP contribution in [0.15, 0.2) is 23.1 Å². The minimum atomic E-state index is -3.24. The van der Waals surface area contributed by atoms with Gasteiger partial charge in [-0.25, -0.2) is 8.42 Å². The largest absolute Gasteiger partial charge is 0.330 e. The zero-order chi connectivity index (χ0) is 14.2. The van der Waals surface area contributed by atoms with Crippen molar-refractivity contribution >= 4 is 21.4 Å². The first-order valence-corrected chi connectivity index (χ1v) is 8.49. The van der Waals surface area contributed by atoms with Crippen LogP contribution in [0, 0.1) is 5.92 Å². The SMILES string of the molecule is CN1CC(CN)CC1c1cc(Cl)cc(S(C)(=O)=O)c1. The van der Waals surface area contributed by atoms with E-state index in [0.717, 1.165) is 18.5 Å². The van der Waals surface area contributed by atoms with Gasteiger partial charge in [0.1, 0.15) is 0 Å². The maximum Gasteiger partial charge on any atom is 0.175 e. The Morgan fingerprint density at radius 1 is 1.42 bits per heavy atom. The molecule has 0 aromatic heterocycles. The van der Waals surface area contributed by atoms with Gasteiger partial charge in [-0.1, -0.05) is 11.6 Å². The lowest BCUT2D eigenvalue weighted by Crippen LogP contribution is -2.20. The van der Waals surface area contributed by atoms with Crippen molar-refractivity contribution in [1.29, 1.82) is 0 Å². The van der Waals surface area contributed by atoms with E-state index in [1.165, 1.54) is 12.3 Å². The molecule has 1 aromatic carbocycles. The van der Waals surface area contributed by atoms with Crippen molar-refractivity contribution in [3.63, 3.8) is 0 Å². The first-order chi connectivity index (χ1) is 8.81. The van der Waals surface area contributed by atoms with Crippen LogP contribution in [0.5, 0.6) is 0 Å². The van der Waals surface area contributed by atoms with Crippen molar-refractivity contribution < 1.29 is 8.42 Å². The number of likely N-dealkylation sites (tertiary alicyclic amines) is 1. The summed E-state index contributed by atoms with van der Waals surface area (Å²) in [5.74, 6) is 0.454. The lowest BCUT2D eigenvalue weighted by Gasteiger charge is -2.20. The van der Waals surface area contributed by atoms with Gasteiger partial charge in [-0.15, -0.1) is 0 Å². The van der Waals surface area contributed by atoms with E-state index >= 15 is 0 Å². The van der Waals surface area contributed by atoms with Gasteiger partial charge in [-0.3, -0.25) is 4.90 Å². The molecule has 0 radical (unpaired) electrons. The molecule has 2 N–H and O–H groups in total. The van der Waals surface area contributed by atoms with Crippen LogP contribution in [-0.2, 0) is 9.84 Å². The topological polar surface area (TPSA) is 63.4 Å². The quantitative estimate of drug-likeness (QED) is 0.923. The second kappa shape index (κ2) is 5.40. The molecule has 2 unspecified atom stereocenters. The predicted molar refractivity (Wildman–Crippen MR) is 77.1 cm³/mol. The highest BCUT2D eigenvalue weighted by Gasteiger charge is 2.30. The summed E-state index contributed by atoms with van der Waals surface area (Å²) in [5, 5.41) is 0.461. The second-order valence-corrected chi connectivity index (χ2v) is 7.74. The highest BCUT2D eigenvalue weighted by atomic mass is 35.5. The first kappa shape index (κ1) is 14.8. The molecule has 0 amide bonds. The highest BCUT2D eigenvalue weighted by Crippen LogP contribution is 2.35. The number of hydrogen-bond acceptors (Lipinski definition) is 4. The van der Waals surface area contributed by atoms with Gasteiger partial charge in [0, 0.05) is 23.9 Å². The van der Waals surface area contributed by atoms with Crippen LogP contribution >= 0.6 is 11.6 Å². The van der Waals surface area contributed by atoms with Gasteiger partial charge in [0.05, 0.1) is 4.90 Å². The minimum absolute atomic E-state index is 0.188. The number of nitrogens with two attached hydrogens (primary N) is 1. The van der Waals surface area contributed by atoms with Gasteiger partial charge in [-0.05, 0) is 49.7 Å². The smallest absolute Gasteiger partial charge is 0.175 e. The van der Waals surface area contributed by atoms with E-state index in [0.29, 0.717) is 17.5 Å². The third-order valence-electron chi connectivity index (χ3n) is 3.67. The molecule has 1 aliphatic rings. The van der Waals surface area contributed by atoms with Crippen LogP contribution in [0.4, 0.5) is 0 Å². The van der Waals surface area contributed by atoms with Crippen LogP contribution in [0.1, 0.15) is 18.0 Å². The van der Waals surface area contributed by atoms with Crippen LogP contribution in [0.25, 0.3) is 0 Å². The van der Waals surface area contributed by atoms with Gasteiger partial charge in [0.2, 0.25) is 0 Å². The van der Waals surface area contributed by atoms with Crippen LogP contribution in [0.2, 0.25) is 5.02 Å². The fraction of sp³-hybridized carbons (Fsp3) is 0.538. The zero-order valence-corrected chi connectivity index (χ0v) is 12.7.